The van der Waals surface area contributed by atoms with E-state index in [0.717, 1.165) is 0 Å². The Hall–Kier alpha value is 0.554. The van der Waals surface area contributed by atoms with Crippen LogP contribution in [-0.4, -0.2) is 56.5 Å². The molecule has 0 spiro atoms. The summed E-state index contributed by atoms with van der Waals surface area (Å²) in [5.41, 5.74) is 0. The molecule has 0 saturated carbocycles. The maximum Gasteiger partial charge on any atom is 3.00 e. The first-order chi connectivity index (χ1) is 7.20. The number of halogens is 4. The van der Waals surface area contributed by atoms with E-state index in [1.54, 1.807) is 0 Å². The SMILES string of the molecule is O.O.O.O.O.O=[N+]([O-])[O-].O=[N+]([O-])[O-].O=[N+]([O-])[O-].[Cl][Sn]([Cl])([Cl])[Cl].[La+3]. The Kier molecular flexibility index (Phi) is 123. The molecule has 23 heteroatoms. The monoisotopic (exact) mass is 675 g/mol. The van der Waals surface area contributed by atoms with Crippen LogP contribution in [-0.2, 0) is 0 Å². The van der Waals surface area contributed by atoms with Gasteiger partial charge in [-0.15, -0.1) is 0 Å². The van der Waals surface area contributed by atoms with E-state index in [1.165, 1.54) is 0 Å². The number of hydrogen-bond donors (Lipinski definition) is 0. The molecule has 0 unspecified atom stereocenters. The molecule has 0 aromatic heterocycles. The molecule has 0 aromatic carbocycles. The van der Waals surface area contributed by atoms with Gasteiger partial charge in [-0.2, -0.15) is 0 Å². The van der Waals surface area contributed by atoms with Gasteiger partial charge in [0.25, 0.3) is 0 Å². The molecule has 0 aliphatic heterocycles. The van der Waals surface area contributed by atoms with Gasteiger partial charge in [-0.1, -0.05) is 0 Å². The summed E-state index contributed by atoms with van der Waals surface area (Å²) in [4.78, 5) is 24.8. The molecule has 0 aromatic rings. The zero-order chi connectivity index (χ0) is 15.2. The minimum absolute atomic E-state index is 0. The molecule has 0 heterocycles. The summed E-state index contributed by atoms with van der Waals surface area (Å²) >= 11 is -3.29. The van der Waals surface area contributed by atoms with Crippen molar-refractivity contribution in [3.05, 3.63) is 46.0 Å². The first-order valence-corrected chi connectivity index (χ1v) is 16.9. The second-order valence-electron chi connectivity index (χ2n) is 1.10. The van der Waals surface area contributed by atoms with Crippen molar-refractivity contribution in [3.63, 3.8) is 0 Å². The van der Waals surface area contributed by atoms with E-state index in [0.29, 0.717) is 0 Å². The van der Waals surface area contributed by atoms with Crippen molar-refractivity contribution in [3.8, 4) is 0 Å². The summed E-state index contributed by atoms with van der Waals surface area (Å²) in [6, 6.07) is 0. The minimum atomic E-state index is -3.29. The van der Waals surface area contributed by atoms with Crippen LogP contribution < -0.4 is 0 Å². The van der Waals surface area contributed by atoms with Crippen LogP contribution in [0.25, 0.3) is 0 Å². The molecule has 0 atom stereocenters. The predicted octanol–water partition coefficient (Wildman–Crippen LogP) is -2.46. The second-order valence-corrected chi connectivity index (χ2v) is 26.5. The normalized spacial score (nSPS) is 5.74. The van der Waals surface area contributed by atoms with Crippen LogP contribution in [0.2, 0.25) is 0 Å². The topological polar surface area (TPSA) is 356 Å². The quantitative estimate of drug-likeness (QED) is 0.149. The molecule has 0 fully saturated rings. The number of rotatable bonds is 0. The van der Waals surface area contributed by atoms with Crippen LogP contribution in [0.5, 0.6) is 0 Å². The summed E-state index contributed by atoms with van der Waals surface area (Å²) < 4.78 is 0. The molecule has 0 rings (SSSR count). The Balaban J connectivity index is -0.0000000113. The van der Waals surface area contributed by atoms with Crippen LogP contribution in [0, 0.1) is 81.6 Å². The molecular weight excluding hydrogens is 665 g/mol. The van der Waals surface area contributed by atoms with E-state index in [2.05, 4.69) is 0 Å². The van der Waals surface area contributed by atoms with Gasteiger partial charge in [-0.25, -0.2) is 0 Å². The molecule has 0 amide bonds. The predicted molar refractivity (Wildman–Crippen MR) is 78.3 cm³/mol. The van der Waals surface area contributed by atoms with Crippen LogP contribution in [0.15, 0.2) is 0 Å². The van der Waals surface area contributed by atoms with E-state index in [9.17, 15) is 0 Å². The molecule has 17 nitrogen and oxygen atoms in total. The number of nitrogens with zero attached hydrogens (tertiary/aromatic N) is 3. The van der Waals surface area contributed by atoms with Gasteiger partial charge in [0.1, 0.15) is 0 Å². The van der Waals surface area contributed by atoms with E-state index >= 15 is 0 Å². The Labute approximate surface area is 172 Å². The molecule has 0 aliphatic rings. The molecule has 0 radical (unpaired) electrons. The van der Waals surface area contributed by atoms with E-state index in [1.807, 2.05) is 0 Å². The van der Waals surface area contributed by atoms with Gasteiger partial charge in [0.15, 0.2) is 0 Å². The van der Waals surface area contributed by atoms with Crippen molar-refractivity contribution in [2.45, 2.75) is 0 Å². The van der Waals surface area contributed by atoms with Gasteiger partial charge >= 0.3 is 85.2 Å². The fourth-order valence-corrected chi connectivity index (χ4v) is 0. The zero-order valence-electron chi connectivity index (χ0n) is 10.1. The van der Waals surface area contributed by atoms with Crippen molar-refractivity contribution in [2.24, 2.45) is 0 Å². The Morgan fingerprint density at radius 3 is 0.522 bits per heavy atom. The van der Waals surface area contributed by atoms with Crippen LogP contribution >= 0.6 is 35.7 Å². The maximum atomic E-state index is 8.25. The van der Waals surface area contributed by atoms with Crippen LogP contribution in [0.1, 0.15) is 0 Å². The standard InChI is InChI=1S/4ClH.La.3NO3.5H2O.Sn/c;;;;;3*2-1(3)4;;;;;;/h4*1H;;;;;5*1H2;/q;;;;+3;3*-1;;;;;;+4/p-4. The number of hydrogen-bond acceptors (Lipinski definition) is 9. The van der Waals surface area contributed by atoms with Gasteiger partial charge in [-0.05, 0) is 0 Å². The first kappa shape index (κ1) is 65.2. The van der Waals surface area contributed by atoms with Gasteiger partial charge in [0, 0.05) is 0 Å². The van der Waals surface area contributed by atoms with Crippen LogP contribution in [0.4, 0.5) is 0 Å². The second kappa shape index (κ2) is 43.3. The Morgan fingerprint density at radius 1 is 0.522 bits per heavy atom. The average molecular weight is 676 g/mol. The average Bonchev–Trinajstić information content (AvgIpc) is 1.73. The fraction of sp³-hybridized carbons (Fsp3) is 0. The Morgan fingerprint density at radius 2 is 0.522 bits per heavy atom. The minimum Gasteiger partial charge on any atom is 3.00 e. The first-order valence-electron chi connectivity index (χ1n) is 2.40. The van der Waals surface area contributed by atoms with Crippen molar-refractivity contribution in [2.75, 3.05) is 0 Å². The summed E-state index contributed by atoms with van der Waals surface area (Å²) in [6.45, 7) is 0. The molecule has 144 valence electrons. The summed E-state index contributed by atoms with van der Waals surface area (Å²) in [6.07, 6.45) is 0. The molecule has 0 bridgehead atoms. The van der Waals surface area contributed by atoms with Gasteiger partial charge in [0.05, 0.1) is 15.3 Å². The zero-order valence-corrected chi connectivity index (χ0v) is 19.6. The fourth-order valence-electron chi connectivity index (χ4n) is 0. The molecule has 0 aliphatic carbocycles. The smallest absolute Gasteiger partial charge is 3.00 e. The van der Waals surface area contributed by atoms with Crippen molar-refractivity contribution in [1.82, 2.24) is 0 Å². The largest absolute Gasteiger partial charge is 3.00 e. The Bertz CT molecular complexity index is 190. The summed E-state index contributed by atoms with van der Waals surface area (Å²) in [7, 11) is 20.1. The maximum absolute atomic E-state index is 8.25. The van der Waals surface area contributed by atoms with Crippen molar-refractivity contribution < 1.29 is 78.2 Å². The van der Waals surface area contributed by atoms with Crippen LogP contribution in [0.3, 0.4) is 0 Å². The van der Waals surface area contributed by atoms with Crippen molar-refractivity contribution in [1.29, 1.82) is 0 Å². The van der Waals surface area contributed by atoms with Gasteiger partial charge < -0.3 is 73.3 Å². The molecule has 10 N–H and O–H groups in total. The molecule has 23 heavy (non-hydrogen) atoms. The third-order valence-electron chi connectivity index (χ3n) is 0. The van der Waals surface area contributed by atoms with Gasteiger partial charge in [-0.3, -0.25) is 0 Å². The summed E-state index contributed by atoms with van der Waals surface area (Å²) in [5, 5.41) is 44.2. The third kappa shape index (κ3) is 31100. The molecular formula is H10Cl4LaN3O14Sn. The van der Waals surface area contributed by atoms with E-state index in [4.69, 9.17) is 81.6 Å². The van der Waals surface area contributed by atoms with Gasteiger partial charge in [0.2, 0.25) is 0 Å². The van der Waals surface area contributed by atoms with Crippen molar-refractivity contribution >= 4 is 49.6 Å². The van der Waals surface area contributed by atoms with E-state index in [-0.39, 0.29) is 63.0 Å². The molecule has 0 saturated heterocycles. The summed E-state index contributed by atoms with van der Waals surface area (Å²) in [5.74, 6) is 0. The third-order valence-corrected chi connectivity index (χ3v) is 0. The van der Waals surface area contributed by atoms with E-state index < -0.39 is 29.1 Å².